The Bertz CT molecular complexity index is 620. The standard InChI is InChI=1S/C17H20N2O3/c1-3-14-7-8-16(22-14)15(12-21-2)19-17(20)9-6-13-5-4-10-18-11-13/h4-11,15H,3,12H2,1-2H3,(H,19,20)/b9-6-/t15-/m0/s1. The van der Waals surface area contributed by atoms with Crippen LogP contribution in [0.1, 0.15) is 30.0 Å². The van der Waals surface area contributed by atoms with E-state index in [1.54, 1.807) is 25.6 Å². The minimum absolute atomic E-state index is 0.208. The highest BCUT2D eigenvalue weighted by atomic mass is 16.5. The number of carbonyl (C=O) groups is 1. The minimum atomic E-state index is -0.309. The zero-order valence-corrected chi connectivity index (χ0v) is 12.8. The average molecular weight is 300 g/mol. The van der Waals surface area contributed by atoms with E-state index in [-0.39, 0.29) is 11.9 Å². The number of nitrogens with zero attached hydrogens (tertiary/aromatic N) is 1. The molecule has 1 atom stereocenters. The van der Waals surface area contributed by atoms with Crippen LogP contribution in [0.5, 0.6) is 0 Å². The topological polar surface area (TPSA) is 64.4 Å². The maximum Gasteiger partial charge on any atom is 0.244 e. The van der Waals surface area contributed by atoms with Gasteiger partial charge in [0.25, 0.3) is 0 Å². The van der Waals surface area contributed by atoms with Crippen molar-refractivity contribution in [3.05, 3.63) is 59.8 Å². The zero-order valence-electron chi connectivity index (χ0n) is 12.8. The number of aromatic nitrogens is 1. The van der Waals surface area contributed by atoms with E-state index in [9.17, 15) is 4.79 Å². The minimum Gasteiger partial charge on any atom is -0.464 e. The second-order valence-electron chi connectivity index (χ2n) is 4.79. The number of nitrogens with one attached hydrogen (secondary N) is 1. The van der Waals surface area contributed by atoms with Gasteiger partial charge in [0.15, 0.2) is 0 Å². The van der Waals surface area contributed by atoms with Crippen molar-refractivity contribution in [3.8, 4) is 0 Å². The molecule has 0 aromatic carbocycles. The van der Waals surface area contributed by atoms with Crippen molar-refractivity contribution in [2.75, 3.05) is 13.7 Å². The summed E-state index contributed by atoms with van der Waals surface area (Å²) >= 11 is 0. The number of hydrogen-bond acceptors (Lipinski definition) is 4. The first-order valence-corrected chi connectivity index (χ1v) is 7.19. The third-order valence-corrected chi connectivity index (χ3v) is 3.14. The van der Waals surface area contributed by atoms with Crippen LogP contribution in [0.2, 0.25) is 0 Å². The molecular weight excluding hydrogens is 280 g/mol. The SMILES string of the molecule is CCc1ccc([C@H](COC)NC(=O)/C=C\c2cccnc2)o1. The molecule has 0 saturated heterocycles. The molecule has 0 unspecified atom stereocenters. The molecular formula is C17H20N2O3. The van der Waals surface area contributed by atoms with E-state index >= 15 is 0 Å². The van der Waals surface area contributed by atoms with Crippen molar-refractivity contribution >= 4 is 12.0 Å². The van der Waals surface area contributed by atoms with Gasteiger partial charge in [-0.25, -0.2) is 0 Å². The van der Waals surface area contributed by atoms with Gasteiger partial charge in [0.2, 0.25) is 5.91 Å². The first-order valence-electron chi connectivity index (χ1n) is 7.19. The lowest BCUT2D eigenvalue weighted by Gasteiger charge is -2.14. The normalized spacial score (nSPS) is 12.5. The van der Waals surface area contributed by atoms with Crippen molar-refractivity contribution in [1.29, 1.82) is 0 Å². The van der Waals surface area contributed by atoms with Crippen LogP contribution in [0, 0.1) is 0 Å². The molecule has 0 radical (unpaired) electrons. The van der Waals surface area contributed by atoms with E-state index in [4.69, 9.17) is 9.15 Å². The molecule has 2 aromatic heterocycles. The number of pyridine rings is 1. The summed E-state index contributed by atoms with van der Waals surface area (Å²) in [4.78, 5) is 16.0. The Labute approximate surface area is 130 Å². The Balaban J connectivity index is 2.01. The summed E-state index contributed by atoms with van der Waals surface area (Å²) in [7, 11) is 1.59. The van der Waals surface area contributed by atoms with Crippen LogP contribution in [0.15, 0.2) is 47.2 Å². The zero-order chi connectivity index (χ0) is 15.8. The summed E-state index contributed by atoms with van der Waals surface area (Å²) in [6.45, 7) is 2.37. The fraction of sp³-hybridized carbons (Fsp3) is 0.294. The van der Waals surface area contributed by atoms with Gasteiger partial charge in [-0.1, -0.05) is 13.0 Å². The Kier molecular flexibility index (Phi) is 5.91. The number of ether oxygens (including phenoxy) is 1. The van der Waals surface area contributed by atoms with Crippen molar-refractivity contribution < 1.29 is 13.9 Å². The highest BCUT2D eigenvalue weighted by molar-refractivity contribution is 5.91. The molecule has 0 aliphatic heterocycles. The highest BCUT2D eigenvalue weighted by Gasteiger charge is 2.17. The fourth-order valence-corrected chi connectivity index (χ4v) is 2.00. The molecule has 0 fully saturated rings. The number of aryl methyl sites for hydroxylation is 1. The first kappa shape index (κ1) is 16.0. The molecule has 0 spiro atoms. The van der Waals surface area contributed by atoms with Crippen molar-refractivity contribution in [1.82, 2.24) is 10.3 Å². The average Bonchev–Trinajstić information content (AvgIpc) is 3.02. The summed E-state index contributed by atoms with van der Waals surface area (Å²) in [5, 5.41) is 2.88. The number of amides is 1. The number of rotatable bonds is 7. The molecule has 5 nitrogen and oxygen atoms in total. The number of carbonyl (C=O) groups excluding carboxylic acids is 1. The molecule has 0 aliphatic carbocycles. The Morgan fingerprint density at radius 1 is 1.45 bits per heavy atom. The Morgan fingerprint density at radius 2 is 2.32 bits per heavy atom. The monoisotopic (exact) mass is 300 g/mol. The van der Waals surface area contributed by atoms with Gasteiger partial charge in [0, 0.05) is 32.0 Å². The van der Waals surface area contributed by atoms with E-state index in [1.165, 1.54) is 6.08 Å². The molecule has 0 bridgehead atoms. The van der Waals surface area contributed by atoms with Crippen LogP contribution < -0.4 is 5.32 Å². The molecule has 0 aliphatic rings. The number of furan rings is 1. The smallest absolute Gasteiger partial charge is 0.244 e. The lowest BCUT2D eigenvalue weighted by atomic mass is 10.2. The van der Waals surface area contributed by atoms with Gasteiger partial charge in [-0.05, 0) is 29.8 Å². The van der Waals surface area contributed by atoms with Gasteiger partial charge >= 0.3 is 0 Å². The Hall–Kier alpha value is -2.40. The van der Waals surface area contributed by atoms with Gasteiger partial charge in [-0.15, -0.1) is 0 Å². The maximum absolute atomic E-state index is 12.0. The fourth-order valence-electron chi connectivity index (χ4n) is 2.00. The Morgan fingerprint density at radius 3 is 2.95 bits per heavy atom. The van der Waals surface area contributed by atoms with E-state index in [0.717, 1.165) is 17.7 Å². The lowest BCUT2D eigenvalue weighted by molar-refractivity contribution is -0.117. The third kappa shape index (κ3) is 4.56. The van der Waals surface area contributed by atoms with Crippen molar-refractivity contribution in [3.63, 3.8) is 0 Å². The van der Waals surface area contributed by atoms with Crippen molar-refractivity contribution in [2.45, 2.75) is 19.4 Å². The number of methoxy groups -OCH3 is 1. The quantitative estimate of drug-likeness (QED) is 0.799. The van der Waals surface area contributed by atoms with Crippen molar-refractivity contribution in [2.24, 2.45) is 0 Å². The molecule has 2 heterocycles. The van der Waals surface area contributed by atoms with Gasteiger partial charge in [0.05, 0.1) is 6.61 Å². The van der Waals surface area contributed by atoms with Gasteiger partial charge in [-0.3, -0.25) is 9.78 Å². The van der Waals surface area contributed by atoms with Crippen LogP contribution in [-0.2, 0) is 16.0 Å². The molecule has 2 rings (SSSR count). The summed E-state index contributed by atoms with van der Waals surface area (Å²) < 4.78 is 10.8. The summed E-state index contributed by atoms with van der Waals surface area (Å²) in [5.74, 6) is 1.37. The number of hydrogen-bond donors (Lipinski definition) is 1. The summed E-state index contributed by atoms with van der Waals surface area (Å²) in [5.41, 5.74) is 0.868. The van der Waals surface area contributed by atoms with E-state index in [0.29, 0.717) is 12.4 Å². The van der Waals surface area contributed by atoms with Crippen LogP contribution in [-0.4, -0.2) is 24.6 Å². The molecule has 116 valence electrons. The third-order valence-electron chi connectivity index (χ3n) is 3.14. The van der Waals surface area contributed by atoms with Gasteiger partial charge in [-0.2, -0.15) is 0 Å². The van der Waals surface area contributed by atoms with Crippen LogP contribution >= 0.6 is 0 Å². The lowest BCUT2D eigenvalue weighted by Crippen LogP contribution is -2.29. The predicted octanol–water partition coefficient (Wildman–Crippen LogP) is 2.75. The largest absolute Gasteiger partial charge is 0.464 e. The molecule has 0 saturated carbocycles. The molecule has 1 N–H and O–H groups in total. The molecule has 2 aromatic rings. The first-order chi connectivity index (χ1) is 10.7. The molecule has 22 heavy (non-hydrogen) atoms. The summed E-state index contributed by atoms with van der Waals surface area (Å²) in [6, 6.07) is 7.17. The van der Waals surface area contributed by atoms with Crippen LogP contribution in [0.4, 0.5) is 0 Å². The predicted molar refractivity (Wildman–Crippen MR) is 84.1 cm³/mol. The van der Waals surface area contributed by atoms with Gasteiger partial charge < -0.3 is 14.5 Å². The van der Waals surface area contributed by atoms with E-state index in [2.05, 4.69) is 10.3 Å². The summed E-state index contributed by atoms with van der Waals surface area (Å²) in [6.07, 6.45) is 7.38. The van der Waals surface area contributed by atoms with E-state index < -0.39 is 0 Å². The van der Waals surface area contributed by atoms with Crippen LogP contribution in [0.25, 0.3) is 6.08 Å². The maximum atomic E-state index is 12.0. The molecule has 1 amide bonds. The van der Waals surface area contributed by atoms with Gasteiger partial charge in [0.1, 0.15) is 17.6 Å². The second kappa shape index (κ2) is 8.14. The second-order valence-corrected chi connectivity index (χ2v) is 4.79. The van der Waals surface area contributed by atoms with E-state index in [1.807, 2.05) is 31.2 Å². The highest BCUT2D eigenvalue weighted by Crippen LogP contribution is 2.17. The molecule has 5 heteroatoms. The van der Waals surface area contributed by atoms with Crippen LogP contribution in [0.3, 0.4) is 0 Å².